The molecule has 1 aromatic carbocycles. The van der Waals surface area contributed by atoms with E-state index in [9.17, 15) is 4.79 Å². The lowest BCUT2D eigenvalue weighted by atomic mass is 10.2. The summed E-state index contributed by atoms with van der Waals surface area (Å²) in [7, 11) is 1.75. The van der Waals surface area contributed by atoms with E-state index in [4.69, 9.17) is 0 Å². The molecule has 1 heterocycles. The quantitative estimate of drug-likeness (QED) is 0.337. The van der Waals surface area contributed by atoms with Crippen molar-refractivity contribution in [2.45, 2.75) is 19.8 Å². The van der Waals surface area contributed by atoms with Crippen LogP contribution in [0, 0.1) is 6.92 Å². The number of hydrogen-bond donors (Lipinski definition) is 3. The van der Waals surface area contributed by atoms with Gasteiger partial charge in [-0.3, -0.25) is 9.79 Å². The van der Waals surface area contributed by atoms with E-state index >= 15 is 0 Å². The Balaban J connectivity index is 1.59. The predicted octanol–water partition coefficient (Wildman–Crippen LogP) is 2.74. The van der Waals surface area contributed by atoms with Crippen LogP contribution in [-0.4, -0.2) is 43.5 Å². The monoisotopic (exact) mass is 437 g/mol. The van der Waals surface area contributed by atoms with Gasteiger partial charge >= 0.3 is 0 Å². The van der Waals surface area contributed by atoms with Gasteiger partial charge in [0.2, 0.25) is 0 Å². The van der Waals surface area contributed by atoms with Gasteiger partial charge in [-0.05, 0) is 31.5 Å². The molecule has 0 aliphatic rings. The van der Waals surface area contributed by atoms with E-state index in [2.05, 4.69) is 48.8 Å². The fourth-order valence-electron chi connectivity index (χ4n) is 2.25. The summed E-state index contributed by atoms with van der Waals surface area (Å²) in [5.41, 5.74) is 0.655. The number of rotatable bonds is 8. The number of halogens is 1. The van der Waals surface area contributed by atoms with Crippen LogP contribution >= 0.6 is 27.3 Å². The van der Waals surface area contributed by atoms with Crippen molar-refractivity contribution in [2.75, 3.05) is 26.7 Å². The molecule has 0 fully saturated rings. The van der Waals surface area contributed by atoms with Crippen LogP contribution in [0.5, 0.6) is 0 Å². The first-order valence-corrected chi connectivity index (χ1v) is 10.1. The van der Waals surface area contributed by atoms with E-state index in [1.165, 1.54) is 4.88 Å². The van der Waals surface area contributed by atoms with Crippen LogP contribution in [0.2, 0.25) is 0 Å². The van der Waals surface area contributed by atoms with E-state index in [1.54, 1.807) is 24.5 Å². The normalized spacial score (nSPS) is 11.3. The molecule has 0 saturated carbocycles. The smallest absolute Gasteiger partial charge is 0.251 e. The third kappa shape index (κ3) is 7.13. The van der Waals surface area contributed by atoms with Gasteiger partial charge in [0.1, 0.15) is 0 Å². The lowest BCUT2D eigenvalue weighted by Gasteiger charge is -2.11. The molecule has 0 unspecified atom stereocenters. The highest BCUT2D eigenvalue weighted by Gasteiger charge is 2.05. The molecule has 0 spiro atoms. The Hall–Kier alpha value is -1.93. The molecule has 1 amide bonds. The van der Waals surface area contributed by atoms with Crippen LogP contribution in [-0.2, 0) is 6.42 Å². The maximum absolute atomic E-state index is 12.0. The summed E-state index contributed by atoms with van der Waals surface area (Å²) < 4.78 is 0.898. The fraction of sp³-hybridized carbons (Fsp3) is 0.389. The molecule has 0 bridgehead atoms. The average Bonchev–Trinajstić information content (AvgIpc) is 3.05. The number of benzene rings is 1. The highest BCUT2D eigenvalue weighted by Crippen LogP contribution is 2.11. The Labute approximate surface area is 166 Å². The van der Waals surface area contributed by atoms with E-state index in [0.717, 1.165) is 41.4 Å². The fourth-order valence-corrected chi connectivity index (χ4v) is 3.44. The maximum atomic E-state index is 12.0. The first-order chi connectivity index (χ1) is 12.6. The number of aliphatic imine (C=N–C) groups is 1. The Morgan fingerprint density at radius 2 is 2.00 bits per heavy atom. The molecule has 8 heteroatoms. The number of guanidine groups is 1. The van der Waals surface area contributed by atoms with E-state index < -0.39 is 0 Å². The lowest BCUT2D eigenvalue weighted by molar-refractivity contribution is 0.0953. The SMILES string of the molecule is CN=C(NCCCNC(=O)c1cccc(Br)c1)NCCc1ncc(C)s1. The van der Waals surface area contributed by atoms with Crippen molar-refractivity contribution in [3.63, 3.8) is 0 Å². The zero-order valence-electron chi connectivity index (χ0n) is 15.0. The minimum Gasteiger partial charge on any atom is -0.356 e. The molecule has 0 atom stereocenters. The number of carbonyl (C=O) groups excluding carboxylic acids is 1. The van der Waals surface area contributed by atoms with E-state index in [1.807, 2.05) is 24.4 Å². The molecule has 0 radical (unpaired) electrons. The average molecular weight is 438 g/mol. The first kappa shape index (κ1) is 20.4. The predicted molar refractivity (Wildman–Crippen MR) is 111 cm³/mol. The largest absolute Gasteiger partial charge is 0.356 e. The Bertz CT molecular complexity index is 747. The minimum absolute atomic E-state index is 0.0625. The zero-order valence-corrected chi connectivity index (χ0v) is 17.4. The Kier molecular flexibility index (Phi) is 8.57. The molecule has 1 aromatic heterocycles. The molecule has 0 saturated heterocycles. The highest BCUT2D eigenvalue weighted by molar-refractivity contribution is 9.10. The number of hydrogen-bond acceptors (Lipinski definition) is 4. The van der Waals surface area contributed by atoms with Crippen molar-refractivity contribution in [3.05, 3.63) is 50.4 Å². The van der Waals surface area contributed by atoms with Crippen molar-refractivity contribution in [1.29, 1.82) is 0 Å². The standard InChI is InChI=1S/C18H24BrN5OS/c1-13-12-24-16(26-13)7-10-23-18(20-2)22-9-4-8-21-17(25)14-5-3-6-15(19)11-14/h3,5-6,11-12H,4,7-10H2,1-2H3,(H,21,25)(H2,20,22,23). The summed E-state index contributed by atoms with van der Waals surface area (Å²) >= 11 is 5.09. The lowest BCUT2D eigenvalue weighted by Crippen LogP contribution is -2.39. The van der Waals surface area contributed by atoms with Gasteiger partial charge in [0.25, 0.3) is 5.91 Å². The van der Waals surface area contributed by atoms with Crippen LogP contribution < -0.4 is 16.0 Å². The summed E-state index contributed by atoms with van der Waals surface area (Å²) in [6.45, 7) is 4.18. The van der Waals surface area contributed by atoms with Gasteiger partial charge in [0, 0.05) is 54.2 Å². The van der Waals surface area contributed by atoms with Gasteiger partial charge in [-0.25, -0.2) is 4.98 Å². The molecule has 0 aliphatic heterocycles. The second kappa shape index (κ2) is 10.9. The molecule has 6 nitrogen and oxygen atoms in total. The Morgan fingerprint density at radius 3 is 2.69 bits per heavy atom. The summed E-state index contributed by atoms with van der Waals surface area (Å²) in [5, 5.41) is 10.6. The third-order valence-electron chi connectivity index (χ3n) is 3.54. The molecule has 140 valence electrons. The number of amides is 1. The van der Waals surface area contributed by atoms with Gasteiger partial charge in [0.05, 0.1) is 5.01 Å². The van der Waals surface area contributed by atoms with E-state index in [0.29, 0.717) is 12.1 Å². The second-order valence-corrected chi connectivity index (χ2v) is 7.90. The molecular formula is C18H24BrN5OS. The maximum Gasteiger partial charge on any atom is 0.251 e. The van der Waals surface area contributed by atoms with E-state index in [-0.39, 0.29) is 5.91 Å². The van der Waals surface area contributed by atoms with Gasteiger partial charge in [0.15, 0.2) is 5.96 Å². The zero-order chi connectivity index (χ0) is 18.8. The van der Waals surface area contributed by atoms with Crippen LogP contribution in [0.1, 0.15) is 26.7 Å². The van der Waals surface area contributed by atoms with Crippen LogP contribution in [0.4, 0.5) is 0 Å². The van der Waals surface area contributed by atoms with Crippen molar-refractivity contribution < 1.29 is 4.79 Å². The van der Waals surface area contributed by atoms with Crippen LogP contribution in [0.25, 0.3) is 0 Å². The van der Waals surface area contributed by atoms with Crippen molar-refractivity contribution in [3.8, 4) is 0 Å². The summed E-state index contributed by atoms with van der Waals surface area (Å²) in [5.74, 6) is 0.698. The number of nitrogens with one attached hydrogen (secondary N) is 3. The topological polar surface area (TPSA) is 78.4 Å². The van der Waals surface area contributed by atoms with Crippen molar-refractivity contribution >= 4 is 39.1 Å². The number of nitrogens with zero attached hydrogens (tertiary/aromatic N) is 2. The van der Waals surface area contributed by atoms with Crippen LogP contribution in [0.15, 0.2) is 39.9 Å². The van der Waals surface area contributed by atoms with Gasteiger partial charge in [-0.15, -0.1) is 11.3 Å². The number of aryl methyl sites for hydroxylation is 1. The number of thiazole rings is 1. The molecule has 0 aliphatic carbocycles. The minimum atomic E-state index is -0.0625. The molecule has 2 rings (SSSR count). The number of carbonyl (C=O) groups is 1. The Morgan fingerprint density at radius 1 is 1.23 bits per heavy atom. The molecule has 3 N–H and O–H groups in total. The summed E-state index contributed by atoms with van der Waals surface area (Å²) in [6, 6.07) is 7.36. The molecular weight excluding hydrogens is 414 g/mol. The van der Waals surface area contributed by atoms with Crippen molar-refractivity contribution in [1.82, 2.24) is 20.9 Å². The summed E-state index contributed by atoms with van der Waals surface area (Å²) in [4.78, 5) is 21.8. The molecule has 2 aromatic rings. The van der Waals surface area contributed by atoms with Crippen molar-refractivity contribution in [2.24, 2.45) is 4.99 Å². The second-order valence-electron chi connectivity index (χ2n) is 5.66. The van der Waals surface area contributed by atoms with Gasteiger partial charge in [-0.2, -0.15) is 0 Å². The first-order valence-electron chi connectivity index (χ1n) is 8.48. The van der Waals surface area contributed by atoms with Crippen LogP contribution in [0.3, 0.4) is 0 Å². The third-order valence-corrected chi connectivity index (χ3v) is 5.01. The van der Waals surface area contributed by atoms with Gasteiger partial charge < -0.3 is 16.0 Å². The summed E-state index contributed by atoms with van der Waals surface area (Å²) in [6.07, 6.45) is 3.59. The molecule has 26 heavy (non-hydrogen) atoms. The van der Waals surface area contributed by atoms with Gasteiger partial charge in [-0.1, -0.05) is 22.0 Å². The highest BCUT2D eigenvalue weighted by atomic mass is 79.9. The number of aromatic nitrogens is 1.